The van der Waals surface area contributed by atoms with Gasteiger partial charge >= 0.3 is 6.18 Å². The lowest BCUT2D eigenvalue weighted by atomic mass is 10.3. The zero-order valence-corrected chi connectivity index (χ0v) is 8.52. The van der Waals surface area contributed by atoms with Gasteiger partial charge in [-0.1, -0.05) is 0 Å². The summed E-state index contributed by atoms with van der Waals surface area (Å²) in [4.78, 5) is 0. The van der Waals surface area contributed by atoms with Crippen LogP contribution in [0.25, 0.3) is 0 Å². The number of nitrogens with zero attached hydrogens (tertiary/aromatic N) is 2. The van der Waals surface area contributed by atoms with Crippen LogP contribution < -0.4 is 0 Å². The summed E-state index contributed by atoms with van der Waals surface area (Å²) in [7, 11) is 0. The maximum Gasteiger partial charge on any atom is 0.435 e. The van der Waals surface area contributed by atoms with Gasteiger partial charge in [-0.25, -0.2) is 0 Å². The molecule has 0 fully saturated rings. The fourth-order valence-electron chi connectivity index (χ4n) is 1.03. The third-order valence-corrected chi connectivity index (χ3v) is 2.04. The van der Waals surface area contributed by atoms with Gasteiger partial charge in [0.15, 0.2) is 5.69 Å². The second-order valence-corrected chi connectivity index (χ2v) is 3.48. The second kappa shape index (κ2) is 3.81. The van der Waals surface area contributed by atoms with Crippen LogP contribution in [0.15, 0.2) is 6.20 Å². The number of rotatable bonds is 2. The predicted octanol–water partition coefficient (Wildman–Crippen LogP) is 3.22. The Bertz CT molecular complexity index is 317. The minimum atomic E-state index is -4.43. The molecule has 0 radical (unpaired) electrons. The van der Waals surface area contributed by atoms with Crippen LogP contribution in [0.2, 0.25) is 0 Å². The summed E-state index contributed by atoms with van der Waals surface area (Å²) in [6.45, 7) is 3.51. The van der Waals surface area contributed by atoms with Crippen LogP contribution in [0, 0.1) is 0 Å². The van der Waals surface area contributed by atoms with E-state index < -0.39 is 11.9 Å². The molecule has 0 unspecified atom stereocenters. The van der Waals surface area contributed by atoms with E-state index in [9.17, 15) is 13.2 Å². The van der Waals surface area contributed by atoms with Crippen molar-refractivity contribution in [1.82, 2.24) is 9.78 Å². The SMILES string of the molecule is CC(C)n1cc(CCl)c(C(F)(F)F)n1. The minimum Gasteiger partial charge on any atom is -0.269 e. The molecule has 0 N–H and O–H groups in total. The summed E-state index contributed by atoms with van der Waals surface area (Å²) in [6, 6.07) is -0.104. The van der Waals surface area contributed by atoms with Gasteiger partial charge in [-0.3, -0.25) is 4.68 Å². The first-order chi connectivity index (χ1) is 6.36. The van der Waals surface area contributed by atoms with Gasteiger partial charge in [0.1, 0.15) is 0 Å². The van der Waals surface area contributed by atoms with E-state index in [0.29, 0.717) is 0 Å². The number of halogens is 4. The highest BCUT2D eigenvalue weighted by Crippen LogP contribution is 2.31. The molecule has 0 amide bonds. The van der Waals surface area contributed by atoms with Gasteiger partial charge in [0.05, 0.1) is 5.88 Å². The molecule has 1 aromatic heterocycles. The molecular formula is C8H10ClF3N2. The number of alkyl halides is 4. The Hall–Kier alpha value is -0.710. The minimum absolute atomic E-state index is 0.0212. The zero-order chi connectivity index (χ0) is 10.9. The van der Waals surface area contributed by atoms with Crippen LogP contribution in [0.5, 0.6) is 0 Å². The Morgan fingerprint density at radius 2 is 2.07 bits per heavy atom. The van der Waals surface area contributed by atoms with Crippen LogP contribution in [0.3, 0.4) is 0 Å². The van der Waals surface area contributed by atoms with E-state index in [-0.39, 0.29) is 17.5 Å². The molecule has 0 aromatic carbocycles. The topological polar surface area (TPSA) is 17.8 Å². The van der Waals surface area contributed by atoms with E-state index in [0.717, 1.165) is 0 Å². The molecule has 0 aliphatic rings. The van der Waals surface area contributed by atoms with Gasteiger partial charge in [-0.15, -0.1) is 11.6 Å². The van der Waals surface area contributed by atoms with Gasteiger partial charge in [0.2, 0.25) is 0 Å². The number of aromatic nitrogens is 2. The van der Waals surface area contributed by atoms with E-state index in [1.165, 1.54) is 10.9 Å². The number of hydrogen-bond acceptors (Lipinski definition) is 1. The molecule has 0 spiro atoms. The molecule has 6 heteroatoms. The van der Waals surface area contributed by atoms with E-state index in [4.69, 9.17) is 11.6 Å². The molecule has 0 bridgehead atoms. The van der Waals surface area contributed by atoms with Crippen LogP contribution >= 0.6 is 11.6 Å². The fraction of sp³-hybridized carbons (Fsp3) is 0.625. The van der Waals surface area contributed by atoms with Crippen molar-refractivity contribution in [2.75, 3.05) is 0 Å². The lowest BCUT2D eigenvalue weighted by Gasteiger charge is -2.05. The van der Waals surface area contributed by atoms with Crippen molar-refractivity contribution in [2.45, 2.75) is 31.9 Å². The summed E-state index contributed by atoms with van der Waals surface area (Å²) < 4.78 is 38.4. The Morgan fingerprint density at radius 3 is 2.36 bits per heavy atom. The quantitative estimate of drug-likeness (QED) is 0.708. The molecule has 80 valence electrons. The van der Waals surface area contributed by atoms with Crippen molar-refractivity contribution in [3.63, 3.8) is 0 Å². The highest BCUT2D eigenvalue weighted by atomic mass is 35.5. The summed E-state index contributed by atoms with van der Waals surface area (Å²) in [5.41, 5.74) is -0.867. The smallest absolute Gasteiger partial charge is 0.269 e. The van der Waals surface area contributed by atoms with Gasteiger partial charge in [-0.2, -0.15) is 18.3 Å². The molecule has 2 nitrogen and oxygen atoms in total. The summed E-state index contributed by atoms with van der Waals surface area (Å²) in [5, 5.41) is 3.46. The van der Waals surface area contributed by atoms with Crippen LogP contribution in [0.4, 0.5) is 13.2 Å². The Balaban J connectivity index is 3.16. The first-order valence-electron chi connectivity index (χ1n) is 4.07. The van der Waals surface area contributed by atoms with E-state index in [1.807, 2.05) is 0 Å². The van der Waals surface area contributed by atoms with E-state index >= 15 is 0 Å². The van der Waals surface area contributed by atoms with Gasteiger partial charge in [0.25, 0.3) is 0 Å². The van der Waals surface area contributed by atoms with Gasteiger partial charge in [0, 0.05) is 17.8 Å². The van der Waals surface area contributed by atoms with Crippen molar-refractivity contribution in [3.8, 4) is 0 Å². The van der Waals surface area contributed by atoms with Crippen LogP contribution in [-0.2, 0) is 12.1 Å². The average Bonchev–Trinajstić information content (AvgIpc) is 2.46. The molecule has 14 heavy (non-hydrogen) atoms. The van der Waals surface area contributed by atoms with Crippen LogP contribution in [-0.4, -0.2) is 9.78 Å². The molecule has 0 aliphatic carbocycles. The first-order valence-corrected chi connectivity index (χ1v) is 4.61. The van der Waals surface area contributed by atoms with Crippen molar-refractivity contribution in [1.29, 1.82) is 0 Å². The average molecular weight is 227 g/mol. The zero-order valence-electron chi connectivity index (χ0n) is 7.77. The van der Waals surface area contributed by atoms with E-state index in [1.54, 1.807) is 13.8 Å². The highest BCUT2D eigenvalue weighted by Gasteiger charge is 2.36. The van der Waals surface area contributed by atoms with Gasteiger partial charge in [-0.05, 0) is 13.8 Å². The molecular weight excluding hydrogens is 217 g/mol. The Morgan fingerprint density at radius 1 is 1.50 bits per heavy atom. The van der Waals surface area contributed by atoms with Crippen molar-refractivity contribution < 1.29 is 13.2 Å². The molecule has 1 heterocycles. The maximum absolute atomic E-state index is 12.4. The highest BCUT2D eigenvalue weighted by molar-refractivity contribution is 6.17. The molecule has 0 aliphatic heterocycles. The number of hydrogen-bond donors (Lipinski definition) is 0. The second-order valence-electron chi connectivity index (χ2n) is 3.21. The largest absolute Gasteiger partial charge is 0.435 e. The summed E-state index contributed by atoms with van der Waals surface area (Å²) >= 11 is 5.40. The molecule has 1 aromatic rings. The third-order valence-electron chi connectivity index (χ3n) is 1.75. The molecule has 0 saturated carbocycles. The van der Waals surface area contributed by atoms with Crippen molar-refractivity contribution in [3.05, 3.63) is 17.5 Å². The lowest BCUT2D eigenvalue weighted by Crippen LogP contribution is -2.10. The van der Waals surface area contributed by atoms with Crippen LogP contribution in [0.1, 0.15) is 31.1 Å². The van der Waals surface area contributed by atoms with Crippen molar-refractivity contribution in [2.24, 2.45) is 0 Å². The van der Waals surface area contributed by atoms with E-state index in [2.05, 4.69) is 5.10 Å². The van der Waals surface area contributed by atoms with Crippen molar-refractivity contribution >= 4 is 11.6 Å². The lowest BCUT2D eigenvalue weighted by molar-refractivity contribution is -0.142. The Labute approximate surface area is 84.7 Å². The molecule has 0 atom stereocenters. The normalized spacial score (nSPS) is 12.5. The van der Waals surface area contributed by atoms with Gasteiger partial charge < -0.3 is 0 Å². The Kier molecular flexibility index (Phi) is 3.09. The first kappa shape index (κ1) is 11.4. The summed E-state index contributed by atoms with van der Waals surface area (Å²) in [5.74, 6) is -0.179. The fourth-order valence-corrected chi connectivity index (χ4v) is 1.23. The maximum atomic E-state index is 12.4. The summed E-state index contributed by atoms with van der Waals surface area (Å²) in [6.07, 6.45) is -3.09. The predicted molar refractivity (Wildman–Crippen MR) is 47.2 cm³/mol. The molecule has 1 rings (SSSR count). The molecule has 0 saturated heterocycles. The monoisotopic (exact) mass is 226 g/mol. The standard InChI is InChI=1S/C8H10ClF3N2/c1-5(2)14-4-6(3-9)7(13-14)8(10,11)12/h4-5H,3H2,1-2H3. The third kappa shape index (κ3) is 2.20.